The van der Waals surface area contributed by atoms with Gasteiger partial charge in [0.25, 0.3) is 0 Å². The van der Waals surface area contributed by atoms with Gasteiger partial charge in [-0.1, -0.05) is 12.1 Å². The van der Waals surface area contributed by atoms with Crippen LogP contribution in [0.15, 0.2) is 30.5 Å². The summed E-state index contributed by atoms with van der Waals surface area (Å²) in [5, 5.41) is 1.01. The summed E-state index contributed by atoms with van der Waals surface area (Å²) in [6.07, 6.45) is 2.41. The summed E-state index contributed by atoms with van der Waals surface area (Å²) in [5.74, 6) is 0. The van der Waals surface area contributed by atoms with E-state index in [1.807, 2.05) is 24.3 Å². The van der Waals surface area contributed by atoms with Crippen LogP contribution in [0, 0.1) is 3.57 Å². The summed E-state index contributed by atoms with van der Waals surface area (Å²) < 4.78 is 1.10. The fraction of sp³-hybridized carbons (Fsp3) is 0. The number of hydrogen-bond donors (Lipinski definition) is 0. The van der Waals surface area contributed by atoms with Gasteiger partial charge in [0, 0.05) is 20.7 Å². The van der Waals surface area contributed by atoms with E-state index in [0.717, 1.165) is 20.8 Å². The van der Waals surface area contributed by atoms with E-state index in [2.05, 4.69) is 27.6 Å². The average Bonchev–Trinajstić information content (AvgIpc) is 2.18. The van der Waals surface area contributed by atoms with Crippen LogP contribution in [0.1, 0.15) is 10.4 Å². The zero-order valence-corrected chi connectivity index (χ0v) is 8.86. The molecule has 0 aliphatic carbocycles. The summed E-state index contributed by atoms with van der Waals surface area (Å²) >= 11 is 2.23. The van der Waals surface area contributed by atoms with Gasteiger partial charge < -0.3 is 0 Å². The Balaban J connectivity index is 2.79. The van der Waals surface area contributed by atoms with E-state index >= 15 is 0 Å². The molecule has 1 aromatic heterocycles. The van der Waals surface area contributed by atoms with Crippen molar-refractivity contribution in [2.45, 2.75) is 0 Å². The SMILES string of the molecule is O=Cc1cnc2c(I)cccc2c1. The van der Waals surface area contributed by atoms with Crippen LogP contribution in [0.5, 0.6) is 0 Å². The van der Waals surface area contributed by atoms with Crippen LogP contribution in [0.4, 0.5) is 0 Å². The van der Waals surface area contributed by atoms with Crippen LogP contribution in [-0.2, 0) is 0 Å². The largest absolute Gasteiger partial charge is 0.298 e. The normalized spacial score (nSPS) is 10.2. The van der Waals surface area contributed by atoms with Crippen molar-refractivity contribution in [3.63, 3.8) is 0 Å². The zero-order chi connectivity index (χ0) is 9.26. The van der Waals surface area contributed by atoms with Crippen molar-refractivity contribution >= 4 is 39.8 Å². The molecular weight excluding hydrogens is 277 g/mol. The third-order valence-corrected chi connectivity index (χ3v) is 2.69. The number of carbonyl (C=O) groups is 1. The van der Waals surface area contributed by atoms with Gasteiger partial charge in [-0.05, 0) is 34.7 Å². The minimum absolute atomic E-state index is 0.620. The topological polar surface area (TPSA) is 30.0 Å². The molecule has 0 fully saturated rings. The Bertz CT molecular complexity index is 467. The Labute approximate surface area is 89.1 Å². The molecule has 0 saturated carbocycles. The highest BCUT2D eigenvalue weighted by molar-refractivity contribution is 14.1. The molecule has 13 heavy (non-hydrogen) atoms. The molecule has 2 aromatic rings. The lowest BCUT2D eigenvalue weighted by atomic mass is 10.2. The number of hydrogen-bond acceptors (Lipinski definition) is 2. The first-order valence-corrected chi connectivity index (χ1v) is 4.88. The van der Waals surface area contributed by atoms with E-state index in [0.29, 0.717) is 5.56 Å². The van der Waals surface area contributed by atoms with Crippen LogP contribution in [0.2, 0.25) is 0 Å². The lowest BCUT2D eigenvalue weighted by Crippen LogP contribution is -1.86. The van der Waals surface area contributed by atoms with Gasteiger partial charge in [-0.3, -0.25) is 9.78 Å². The lowest BCUT2D eigenvalue weighted by molar-refractivity contribution is 0.112. The third-order valence-electron chi connectivity index (χ3n) is 1.82. The van der Waals surface area contributed by atoms with Crippen molar-refractivity contribution in [2.75, 3.05) is 0 Å². The maximum Gasteiger partial charge on any atom is 0.151 e. The van der Waals surface area contributed by atoms with Crippen molar-refractivity contribution in [2.24, 2.45) is 0 Å². The Morgan fingerprint density at radius 1 is 1.38 bits per heavy atom. The van der Waals surface area contributed by atoms with Gasteiger partial charge in [-0.2, -0.15) is 0 Å². The standard InChI is InChI=1S/C10H6INO/c11-9-3-1-2-8-4-7(6-13)5-12-10(8)9/h1-6H. The quantitative estimate of drug-likeness (QED) is 0.595. The predicted molar refractivity (Wildman–Crippen MR) is 59.8 cm³/mol. The number of fused-ring (bicyclic) bond motifs is 1. The summed E-state index contributed by atoms with van der Waals surface area (Å²) in [5.41, 5.74) is 1.57. The number of carbonyl (C=O) groups excluding carboxylic acids is 1. The van der Waals surface area contributed by atoms with Gasteiger partial charge in [0.05, 0.1) is 5.52 Å². The highest BCUT2D eigenvalue weighted by Crippen LogP contribution is 2.18. The van der Waals surface area contributed by atoms with E-state index in [4.69, 9.17) is 0 Å². The van der Waals surface area contributed by atoms with Crippen LogP contribution in [0.25, 0.3) is 10.9 Å². The van der Waals surface area contributed by atoms with Crippen molar-refractivity contribution in [1.29, 1.82) is 0 Å². The molecule has 2 nitrogen and oxygen atoms in total. The Morgan fingerprint density at radius 2 is 2.23 bits per heavy atom. The van der Waals surface area contributed by atoms with Gasteiger partial charge in [0.1, 0.15) is 0 Å². The van der Waals surface area contributed by atoms with Crippen molar-refractivity contribution in [3.8, 4) is 0 Å². The highest BCUT2D eigenvalue weighted by Gasteiger charge is 1.99. The number of para-hydroxylation sites is 1. The molecule has 0 aliphatic rings. The van der Waals surface area contributed by atoms with Gasteiger partial charge in [-0.15, -0.1) is 0 Å². The lowest BCUT2D eigenvalue weighted by Gasteiger charge is -1.99. The number of rotatable bonds is 1. The molecule has 0 N–H and O–H groups in total. The molecule has 2 rings (SSSR count). The van der Waals surface area contributed by atoms with Gasteiger partial charge in [0.15, 0.2) is 6.29 Å². The Kier molecular flexibility index (Phi) is 2.26. The molecule has 64 valence electrons. The fourth-order valence-corrected chi connectivity index (χ4v) is 1.86. The average molecular weight is 283 g/mol. The van der Waals surface area contributed by atoms with Crippen molar-refractivity contribution in [1.82, 2.24) is 4.98 Å². The first kappa shape index (κ1) is 8.62. The minimum Gasteiger partial charge on any atom is -0.298 e. The molecule has 0 unspecified atom stereocenters. The summed E-state index contributed by atoms with van der Waals surface area (Å²) in [6.45, 7) is 0. The van der Waals surface area contributed by atoms with Gasteiger partial charge in [-0.25, -0.2) is 0 Å². The first-order valence-electron chi connectivity index (χ1n) is 3.81. The number of aromatic nitrogens is 1. The Morgan fingerprint density at radius 3 is 3.00 bits per heavy atom. The molecule has 0 amide bonds. The predicted octanol–water partition coefficient (Wildman–Crippen LogP) is 2.65. The number of halogens is 1. The summed E-state index contributed by atoms with van der Waals surface area (Å²) in [6, 6.07) is 7.76. The molecule has 3 heteroatoms. The second kappa shape index (κ2) is 3.41. The number of pyridine rings is 1. The maximum absolute atomic E-state index is 10.5. The number of nitrogens with zero attached hydrogens (tertiary/aromatic N) is 1. The summed E-state index contributed by atoms with van der Waals surface area (Å²) in [4.78, 5) is 14.7. The molecule has 0 aliphatic heterocycles. The smallest absolute Gasteiger partial charge is 0.151 e. The Hall–Kier alpha value is -0.970. The van der Waals surface area contributed by atoms with E-state index in [9.17, 15) is 4.79 Å². The van der Waals surface area contributed by atoms with Crippen LogP contribution in [-0.4, -0.2) is 11.3 Å². The van der Waals surface area contributed by atoms with Crippen LogP contribution >= 0.6 is 22.6 Å². The molecule has 0 atom stereocenters. The molecule has 1 aromatic carbocycles. The molecule has 0 radical (unpaired) electrons. The van der Waals surface area contributed by atoms with Crippen molar-refractivity contribution < 1.29 is 4.79 Å². The zero-order valence-electron chi connectivity index (χ0n) is 6.70. The summed E-state index contributed by atoms with van der Waals surface area (Å²) in [7, 11) is 0. The molecule has 0 spiro atoms. The van der Waals surface area contributed by atoms with Gasteiger partial charge >= 0.3 is 0 Å². The van der Waals surface area contributed by atoms with E-state index in [1.54, 1.807) is 6.20 Å². The molecule has 0 bridgehead atoms. The van der Waals surface area contributed by atoms with Crippen molar-refractivity contribution in [3.05, 3.63) is 39.6 Å². The number of benzene rings is 1. The second-order valence-electron chi connectivity index (χ2n) is 2.70. The second-order valence-corrected chi connectivity index (χ2v) is 3.86. The minimum atomic E-state index is 0.620. The highest BCUT2D eigenvalue weighted by atomic mass is 127. The molecule has 0 saturated heterocycles. The van der Waals surface area contributed by atoms with E-state index in [-0.39, 0.29) is 0 Å². The van der Waals surface area contributed by atoms with Crippen LogP contribution in [0.3, 0.4) is 0 Å². The van der Waals surface area contributed by atoms with Gasteiger partial charge in [0.2, 0.25) is 0 Å². The van der Waals surface area contributed by atoms with Crippen LogP contribution < -0.4 is 0 Å². The van der Waals surface area contributed by atoms with E-state index in [1.165, 1.54) is 0 Å². The maximum atomic E-state index is 10.5. The number of aldehydes is 1. The monoisotopic (exact) mass is 283 g/mol. The third kappa shape index (κ3) is 1.56. The molecule has 1 heterocycles. The van der Waals surface area contributed by atoms with E-state index < -0.39 is 0 Å². The molecular formula is C10H6INO. The fourth-order valence-electron chi connectivity index (χ4n) is 1.21. The first-order chi connectivity index (χ1) is 6.31.